The minimum absolute atomic E-state index is 0.0950. The summed E-state index contributed by atoms with van der Waals surface area (Å²) in [4.78, 5) is 17.7. The quantitative estimate of drug-likeness (QED) is 0.384. The second-order valence-corrected chi connectivity index (χ2v) is 8.85. The number of hydrogen-bond acceptors (Lipinski definition) is 4. The molecule has 7 nitrogen and oxygen atoms in total. The Morgan fingerprint density at radius 3 is 2.50 bits per heavy atom. The molecule has 1 aliphatic heterocycles. The summed E-state index contributed by atoms with van der Waals surface area (Å²) in [7, 11) is 1.83. The molecular weight excluding hydrogens is 376 g/mol. The first-order chi connectivity index (χ1) is 14.5. The number of guanidine groups is 1. The van der Waals surface area contributed by atoms with E-state index in [1.807, 2.05) is 7.05 Å². The Labute approximate surface area is 180 Å². The van der Waals surface area contributed by atoms with Crippen LogP contribution in [-0.2, 0) is 4.79 Å². The molecule has 0 radical (unpaired) electrons. The number of nitrogens with one attached hydrogen (secondary N) is 3. The van der Waals surface area contributed by atoms with Gasteiger partial charge in [-0.25, -0.2) is 0 Å². The fourth-order valence-corrected chi connectivity index (χ4v) is 4.80. The second-order valence-electron chi connectivity index (χ2n) is 8.85. The van der Waals surface area contributed by atoms with Gasteiger partial charge >= 0.3 is 0 Å². The average Bonchev–Trinajstić information content (AvgIpc) is 3.21. The third-order valence-corrected chi connectivity index (χ3v) is 6.51. The van der Waals surface area contributed by atoms with Gasteiger partial charge < -0.3 is 21.7 Å². The molecule has 1 aromatic rings. The summed E-state index contributed by atoms with van der Waals surface area (Å²) < 4.78 is 0. The van der Waals surface area contributed by atoms with Crippen molar-refractivity contribution in [2.45, 2.75) is 63.1 Å². The molecule has 1 aliphatic carbocycles. The summed E-state index contributed by atoms with van der Waals surface area (Å²) in [5.74, 6) is 0.613. The SMILES string of the molecule is CN=C(NCC1(NC(C)c2ccccc2)CCCC1)NC1CCN(CC(N)=O)CC1. The molecule has 1 atom stereocenters. The van der Waals surface area contributed by atoms with Crippen LogP contribution in [0.1, 0.15) is 57.1 Å². The Bertz CT molecular complexity index is 693. The van der Waals surface area contributed by atoms with E-state index in [0.29, 0.717) is 18.6 Å². The van der Waals surface area contributed by atoms with Gasteiger partial charge in [-0.05, 0) is 38.2 Å². The number of nitrogens with zero attached hydrogens (tertiary/aromatic N) is 2. The predicted molar refractivity (Wildman–Crippen MR) is 122 cm³/mol. The highest BCUT2D eigenvalue weighted by Gasteiger charge is 2.35. The Hall–Kier alpha value is -2.12. The van der Waals surface area contributed by atoms with Gasteiger partial charge in [-0.15, -0.1) is 0 Å². The maximum atomic E-state index is 11.1. The number of piperidine rings is 1. The lowest BCUT2D eigenvalue weighted by Crippen LogP contribution is -2.56. The molecular formula is C23H38N6O. The van der Waals surface area contributed by atoms with Crippen molar-refractivity contribution in [2.75, 3.05) is 33.2 Å². The normalized spacial score (nSPS) is 21.3. The summed E-state index contributed by atoms with van der Waals surface area (Å²) >= 11 is 0. The summed E-state index contributed by atoms with van der Waals surface area (Å²) in [6.45, 7) is 5.25. The molecule has 1 unspecified atom stereocenters. The zero-order valence-electron chi connectivity index (χ0n) is 18.5. The Kier molecular flexibility index (Phi) is 8.10. The summed E-state index contributed by atoms with van der Waals surface area (Å²) in [6.07, 6.45) is 6.87. The first kappa shape index (κ1) is 22.6. The van der Waals surface area contributed by atoms with E-state index in [1.165, 1.54) is 31.2 Å². The first-order valence-corrected chi connectivity index (χ1v) is 11.3. The number of likely N-dealkylation sites (tertiary alicyclic amines) is 1. The number of hydrogen-bond donors (Lipinski definition) is 4. The molecule has 0 aromatic heterocycles. The summed E-state index contributed by atoms with van der Waals surface area (Å²) in [6, 6.07) is 11.3. The molecule has 7 heteroatoms. The van der Waals surface area contributed by atoms with Gasteiger partial charge in [-0.2, -0.15) is 0 Å². The third kappa shape index (κ3) is 6.44. The highest BCUT2D eigenvalue weighted by molar-refractivity contribution is 5.80. The predicted octanol–water partition coefficient (Wildman–Crippen LogP) is 1.76. The molecule has 166 valence electrons. The van der Waals surface area contributed by atoms with Crippen molar-refractivity contribution in [2.24, 2.45) is 10.7 Å². The molecule has 30 heavy (non-hydrogen) atoms. The molecule has 2 aliphatic rings. The Balaban J connectivity index is 1.50. The van der Waals surface area contributed by atoms with Gasteiger partial charge in [0.15, 0.2) is 5.96 Å². The van der Waals surface area contributed by atoms with Gasteiger partial charge in [0.2, 0.25) is 5.91 Å². The van der Waals surface area contributed by atoms with Crippen LogP contribution in [0.25, 0.3) is 0 Å². The lowest BCUT2D eigenvalue weighted by molar-refractivity contribution is -0.119. The van der Waals surface area contributed by atoms with E-state index in [0.717, 1.165) is 38.4 Å². The van der Waals surface area contributed by atoms with Crippen LogP contribution in [0.15, 0.2) is 35.3 Å². The van der Waals surface area contributed by atoms with Crippen molar-refractivity contribution < 1.29 is 4.79 Å². The van der Waals surface area contributed by atoms with Crippen molar-refractivity contribution in [3.63, 3.8) is 0 Å². The molecule has 1 saturated heterocycles. The van der Waals surface area contributed by atoms with Crippen LogP contribution in [0.3, 0.4) is 0 Å². The van der Waals surface area contributed by atoms with Crippen LogP contribution in [0, 0.1) is 0 Å². The lowest BCUT2D eigenvalue weighted by atomic mass is 9.94. The maximum absolute atomic E-state index is 11.1. The van der Waals surface area contributed by atoms with Crippen LogP contribution in [0.5, 0.6) is 0 Å². The van der Waals surface area contributed by atoms with E-state index in [4.69, 9.17) is 5.73 Å². The maximum Gasteiger partial charge on any atom is 0.231 e. The Morgan fingerprint density at radius 2 is 1.90 bits per heavy atom. The Morgan fingerprint density at radius 1 is 1.23 bits per heavy atom. The average molecular weight is 415 g/mol. The van der Waals surface area contributed by atoms with Crippen molar-refractivity contribution in [3.8, 4) is 0 Å². The molecule has 2 fully saturated rings. The summed E-state index contributed by atoms with van der Waals surface area (Å²) in [5, 5.41) is 11.1. The molecule has 1 aromatic carbocycles. The second kappa shape index (κ2) is 10.8. The van der Waals surface area contributed by atoms with E-state index in [2.05, 4.69) is 63.1 Å². The van der Waals surface area contributed by atoms with Gasteiger partial charge in [0, 0.05) is 44.3 Å². The van der Waals surface area contributed by atoms with Crippen molar-refractivity contribution in [1.29, 1.82) is 0 Å². The van der Waals surface area contributed by atoms with Crippen LogP contribution in [0.4, 0.5) is 0 Å². The van der Waals surface area contributed by atoms with E-state index in [-0.39, 0.29) is 11.4 Å². The minimum Gasteiger partial charge on any atom is -0.369 e. The zero-order valence-corrected chi connectivity index (χ0v) is 18.5. The first-order valence-electron chi connectivity index (χ1n) is 11.3. The van der Waals surface area contributed by atoms with Gasteiger partial charge in [0.1, 0.15) is 0 Å². The van der Waals surface area contributed by atoms with E-state index < -0.39 is 0 Å². The molecule has 0 spiro atoms. The molecule has 3 rings (SSSR count). The largest absolute Gasteiger partial charge is 0.369 e. The van der Waals surface area contributed by atoms with E-state index >= 15 is 0 Å². The smallest absolute Gasteiger partial charge is 0.231 e. The van der Waals surface area contributed by atoms with Gasteiger partial charge in [0.05, 0.1) is 6.54 Å². The van der Waals surface area contributed by atoms with Crippen molar-refractivity contribution in [3.05, 3.63) is 35.9 Å². The number of carbonyl (C=O) groups excluding carboxylic acids is 1. The van der Waals surface area contributed by atoms with Crippen molar-refractivity contribution >= 4 is 11.9 Å². The van der Waals surface area contributed by atoms with Crippen LogP contribution in [0.2, 0.25) is 0 Å². The molecule has 1 amide bonds. The van der Waals surface area contributed by atoms with Gasteiger partial charge in [-0.3, -0.25) is 14.7 Å². The number of amides is 1. The molecule has 1 saturated carbocycles. The lowest BCUT2D eigenvalue weighted by Gasteiger charge is -2.36. The van der Waals surface area contributed by atoms with Crippen LogP contribution < -0.4 is 21.7 Å². The third-order valence-electron chi connectivity index (χ3n) is 6.51. The topological polar surface area (TPSA) is 94.8 Å². The number of aliphatic imine (C=N–C) groups is 1. The summed E-state index contributed by atoms with van der Waals surface area (Å²) in [5.41, 5.74) is 6.73. The number of carbonyl (C=O) groups is 1. The standard InChI is InChI=1S/C23H38N6O/c1-18(19-8-4-3-5-9-19)28-23(12-6-7-13-23)17-26-22(25-2)27-20-10-14-29(15-11-20)16-21(24)30/h3-5,8-9,18,20,28H,6-7,10-17H2,1-2H3,(H2,24,30)(H2,25,26,27). The number of nitrogens with two attached hydrogens (primary N) is 1. The monoisotopic (exact) mass is 414 g/mol. The highest BCUT2D eigenvalue weighted by Crippen LogP contribution is 2.31. The van der Waals surface area contributed by atoms with E-state index in [1.54, 1.807) is 0 Å². The van der Waals surface area contributed by atoms with Gasteiger partial charge in [-0.1, -0.05) is 43.2 Å². The van der Waals surface area contributed by atoms with Crippen LogP contribution in [-0.4, -0.2) is 61.6 Å². The fourth-order valence-electron chi connectivity index (χ4n) is 4.80. The highest BCUT2D eigenvalue weighted by atomic mass is 16.1. The molecule has 1 heterocycles. The van der Waals surface area contributed by atoms with Crippen molar-refractivity contribution in [1.82, 2.24) is 20.9 Å². The number of primary amides is 1. The van der Waals surface area contributed by atoms with Gasteiger partial charge in [0.25, 0.3) is 0 Å². The molecule has 0 bridgehead atoms. The zero-order chi connectivity index (χ0) is 21.4. The molecule has 5 N–H and O–H groups in total. The fraction of sp³-hybridized carbons (Fsp3) is 0.652. The van der Waals surface area contributed by atoms with E-state index in [9.17, 15) is 4.79 Å². The minimum atomic E-state index is -0.252. The number of benzene rings is 1. The van der Waals surface area contributed by atoms with Crippen LogP contribution >= 0.6 is 0 Å². The number of rotatable bonds is 8.